The molecule has 0 bridgehead atoms. The summed E-state index contributed by atoms with van der Waals surface area (Å²) in [5.74, 6) is 2.80. The molecule has 0 radical (unpaired) electrons. The lowest BCUT2D eigenvalue weighted by Gasteiger charge is -2.37. The van der Waals surface area contributed by atoms with E-state index in [1.54, 1.807) is 0 Å². The summed E-state index contributed by atoms with van der Waals surface area (Å²) in [6, 6.07) is 3.94. The summed E-state index contributed by atoms with van der Waals surface area (Å²) < 4.78 is 6.15. The molecule has 1 aliphatic carbocycles. The van der Waals surface area contributed by atoms with Crippen molar-refractivity contribution in [2.24, 2.45) is 23.5 Å². The Labute approximate surface area is 116 Å². The van der Waals surface area contributed by atoms with E-state index >= 15 is 0 Å². The maximum Gasteiger partial charge on any atom is 0.213 e. The van der Waals surface area contributed by atoms with Gasteiger partial charge in [-0.1, -0.05) is 33.3 Å². The molecule has 1 fully saturated rings. The van der Waals surface area contributed by atoms with Gasteiger partial charge in [-0.25, -0.2) is 4.98 Å². The van der Waals surface area contributed by atoms with Gasteiger partial charge in [-0.3, -0.25) is 0 Å². The van der Waals surface area contributed by atoms with E-state index in [1.807, 2.05) is 18.3 Å². The van der Waals surface area contributed by atoms with Crippen molar-refractivity contribution < 1.29 is 4.74 Å². The van der Waals surface area contributed by atoms with Crippen LogP contribution in [0.2, 0.25) is 0 Å². The van der Waals surface area contributed by atoms with Gasteiger partial charge >= 0.3 is 0 Å². The molecule has 19 heavy (non-hydrogen) atoms. The summed E-state index contributed by atoms with van der Waals surface area (Å²) in [7, 11) is 0. The molecule has 1 heterocycles. The Hall–Kier alpha value is -1.09. The predicted octanol–water partition coefficient (Wildman–Crippen LogP) is 3.38. The third-order valence-electron chi connectivity index (χ3n) is 4.27. The van der Waals surface area contributed by atoms with Crippen molar-refractivity contribution in [2.75, 3.05) is 0 Å². The Morgan fingerprint density at radius 3 is 2.74 bits per heavy atom. The molecule has 0 aromatic carbocycles. The van der Waals surface area contributed by atoms with E-state index in [0.29, 0.717) is 24.5 Å². The van der Waals surface area contributed by atoms with Crippen LogP contribution in [0.25, 0.3) is 0 Å². The molecule has 3 nitrogen and oxygen atoms in total. The molecular formula is C16H26N2O. The van der Waals surface area contributed by atoms with Crippen LogP contribution < -0.4 is 10.5 Å². The molecule has 0 amide bonds. The zero-order valence-electron chi connectivity index (χ0n) is 12.3. The van der Waals surface area contributed by atoms with Gasteiger partial charge in [-0.05, 0) is 36.2 Å². The molecule has 106 valence electrons. The first-order valence-corrected chi connectivity index (χ1v) is 7.41. The summed E-state index contributed by atoms with van der Waals surface area (Å²) in [5.41, 5.74) is 6.63. The van der Waals surface area contributed by atoms with Gasteiger partial charge in [-0.15, -0.1) is 0 Å². The summed E-state index contributed by atoms with van der Waals surface area (Å²) in [5, 5.41) is 0. The molecule has 1 aromatic heterocycles. The van der Waals surface area contributed by atoms with Gasteiger partial charge < -0.3 is 10.5 Å². The molecule has 0 aliphatic heterocycles. The second-order valence-corrected chi connectivity index (χ2v) is 6.19. The molecule has 1 saturated carbocycles. The quantitative estimate of drug-likeness (QED) is 0.905. The molecule has 2 rings (SSSR count). The lowest BCUT2D eigenvalue weighted by atomic mass is 9.75. The first kappa shape index (κ1) is 14.3. The van der Waals surface area contributed by atoms with Crippen molar-refractivity contribution >= 4 is 0 Å². The van der Waals surface area contributed by atoms with E-state index in [-0.39, 0.29) is 0 Å². The average Bonchev–Trinajstić information content (AvgIpc) is 2.39. The molecule has 0 spiro atoms. The van der Waals surface area contributed by atoms with Crippen LogP contribution in [0.3, 0.4) is 0 Å². The van der Waals surface area contributed by atoms with Gasteiger partial charge in [0.25, 0.3) is 0 Å². The maximum absolute atomic E-state index is 6.15. The second kappa shape index (κ2) is 6.38. The third kappa shape index (κ3) is 3.69. The molecule has 1 aromatic rings. The second-order valence-electron chi connectivity index (χ2n) is 6.19. The number of nitrogens with zero attached hydrogens (tertiary/aromatic N) is 1. The topological polar surface area (TPSA) is 48.1 Å². The summed E-state index contributed by atoms with van der Waals surface area (Å²) in [4.78, 5) is 4.36. The van der Waals surface area contributed by atoms with Crippen LogP contribution in [0.4, 0.5) is 0 Å². The summed E-state index contributed by atoms with van der Waals surface area (Å²) in [6.07, 6.45) is 5.85. The SMILES string of the molecule is CC1CCC(C(C)C)C(Oc2ccc(CN)cn2)C1. The fourth-order valence-electron chi connectivity index (χ4n) is 3.01. The van der Waals surface area contributed by atoms with Crippen LogP contribution in [0, 0.1) is 17.8 Å². The fraction of sp³-hybridized carbons (Fsp3) is 0.688. The lowest BCUT2D eigenvalue weighted by molar-refractivity contribution is 0.0426. The number of rotatable bonds is 4. The minimum Gasteiger partial charge on any atom is -0.474 e. The highest BCUT2D eigenvalue weighted by Crippen LogP contribution is 2.35. The van der Waals surface area contributed by atoms with Crippen LogP contribution >= 0.6 is 0 Å². The smallest absolute Gasteiger partial charge is 0.213 e. The van der Waals surface area contributed by atoms with Gasteiger partial charge in [0.05, 0.1) is 0 Å². The van der Waals surface area contributed by atoms with E-state index in [1.165, 1.54) is 12.8 Å². The first-order chi connectivity index (χ1) is 9.10. The molecule has 2 N–H and O–H groups in total. The van der Waals surface area contributed by atoms with Crippen molar-refractivity contribution in [1.29, 1.82) is 0 Å². The van der Waals surface area contributed by atoms with E-state index in [9.17, 15) is 0 Å². The Bertz CT molecular complexity index is 388. The third-order valence-corrected chi connectivity index (χ3v) is 4.27. The van der Waals surface area contributed by atoms with E-state index < -0.39 is 0 Å². The maximum atomic E-state index is 6.15. The van der Waals surface area contributed by atoms with Crippen LogP contribution in [0.1, 0.15) is 45.6 Å². The lowest BCUT2D eigenvalue weighted by Crippen LogP contribution is -2.36. The molecule has 1 aliphatic rings. The van der Waals surface area contributed by atoms with E-state index in [2.05, 4.69) is 25.8 Å². The van der Waals surface area contributed by atoms with Crippen LogP contribution in [-0.2, 0) is 6.54 Å². The zero-order chi connectivity index (χ0) is 13.8. The number of hydrogen-bond acceptors (Lipinski definition) is 3. The average molecular weight is 262 g/mol. The van der Waals surface area contributed by atoms with Crippen LogP contribution in [-0.4, -0.2) is 11.1 Å². The molecular weight excluding hydrogens is 236 g/mol. The van der Waals surface area contributed by atoms with Gasteiger partial charge in [0.1, 0.15) is 6.10 Å². The minimum absolute atomic E-state index is 0.306. The monoisotopic (exact) mass is 262 g/mol. The summed E-state index contributed by atoms with van der Waals surface area (Å²) >= 11 is 0. The predicted molar refractivity (Wildman–Crippen MR) is 77.9 cm³/mol. The van der Waals surface area contributed by atoms with Crippen LogP contribution in [0.15, 0.2) is 18.3 Å². The standard InChI is InChI=1S/C16H26N2O/c1-11(2)14-6-4-12(3)8-15(14)19-16-7-5-13(9-17)10-18-16/h5,7,10-12,14-15H,4,6,8-9,17H2,1-3H3. The fourth-order valence-corrected chi connectivity index (χ4v) is 3.01. The molecule has 0 saturated heterocycles. The Morgan fingerprint density at radius 2 is 2.16 bits per heavy atom. The van der Waals surface area contributed by atoms with Gasteiger partial charge in [0, 0.05) is 18.8 Å². The number of pyridine rings is 1. The number of nitrogens with two attached hydrogens (primary N) is 1. The van der Waals surface area contributed by atoms with E-state index in [4.69, 9.17) is 10.5 Å². The van der Waals surface area contributed by atoms with Crippen molar-refractivity contribution in [2.45, 2.75) is 52.7 Å². The van der Waals surface area contributed by atoms with Crippen molar-refractivity contribution in [3.05, 3.63) is 23.9 Å². The first-order valence-electron chi connectivity index (χ1n) is 7.41. The van der Waals surface area contributed by atoms with Gasteiger partial charge in [0.15, 0.2) is 0 Å². The minimum atomic E-state index is 0.306. The number of aromatic nitrogens is 1. The normalized spacial score (nSPS) is 27.5. The number of ether oxygens (including phenoxy) is 1. The number of hydrogen-bond donors (Lipinski definition) is 1. The van der Waals surface area contributed by atoms with E-state index in [0.717, 1.165) is 23.8 Å². The van der Waals surface area contributed by atoms with Gasteiger partial charge in [-0.2, -0.15) is 0 Å². The Balaban J connectivity index is 2.05. The van der Waals surface area contributed by atoms with Crippen molar-refractivity contribution in [3.8, 4) is 5.88 Å². The Kier molecular flexibility index (Phi) is 4.81. The largest absolute Gasteiger partial charge is 0.474 e. The zero-order valence-corrected chi connectivity index (χ0v) is 12.3. The van der Waals surface area contributed by atoms with Gasteiger partial charge in [0.2, 0.25) is 5.88 Å². The van der Waals surface area contributed by atoms with Crippen LogP contribution in [0.5, 0.6) is 5.88 Å². The summed E-state index contributed by atoms with van der Waals surface area (Å²) in [6.45, 7) is 7.43. The molecule has 3 atom stereocenters. The highest BCUT2D eigenvalue weighted by atomic mass is 16.5. The molecule has 3 unspecified atom stereocenters. The van der Waals surface area contributed by atoms with Crippen molar-refractivity contribution in [1.82, 2.24) is 4.98 Å². The van der Waals surface area contributed by atoms with Crippen molar-refractivity contribution in [3.63, 3.8) is 0 Å². The highest BCUT2D eigenvalue weighted by Gasteiger charge is 2.32. The molecule has 3 heteroatoms. The highest BCUT2D eigenvalue weighted by molar-refractivity contribution is 5.17. The Morgan fingerprint density at radius 1 is 1.37 bits per heavy atom.